The van der Waals surface area contributed by atoms with Crippen LogP contribution in [0.1, 0.15) is 12.8 Å². The van der Waals surface area contributed by atoms with Gasteiger partial charge in [0.25, 0.3) is 0 Å². The molecule has 1 aliphatic heterocycles. The maximum Gasteiger partial charge on any atom is 0.370 e. The summed E-state index contributed by atoms with van der Waals surface area (Å²) in [6.07, 6.45) is 6.88. The van der Waals surface area contributed by atoms with Gasteiger partial charge in [-0.3, -0.25) is 9.80 Å². The number of anilines is 2. The normalized spacial score (nSPS) is 13.8. The molecule has 0 spiro atoms. The van der Waals surface area contributed by atoms with Gasteiger partial charge in [0.05, 0.1) is 39.6 Å². The Kier molecular flexibility index (Phi) is 5.46. The minimum absolute atomic E-state index is 0. The third-order valence-electron chi connectivity index (χ3n) is 6.86. The first-order valence-electron chi connectivity index (χ1n) is 11.4. The molecule has 0 atom stereocenters. The Morgan fingerprint density at radius 3 is 1.85 bits per heavy atom. The highest BCUT2D eigenvalue weighted by molar-refractivity contribution is 6.03. The van der Waals surface area contributed by atoms with Crippen LogP contribution in [-0.2, 0) is 0 Å². The first kappa shape index (κ1) is 22.6. The molecular formula is C26H26Cl2N6. The van der Waals surface area contributed by atoms with Crippen LogP contribution in [0.15, 0.2) is 73.1 Å². The number of para-hydroxylation sites is 2. The lowest BCUT2D eigenvalue weighted by atomic mass is 10.2. The van der Waals surface area contributed by atoms with Gasteiger partial charge in [0.15, 0.2) is 22.1 Å². The standard InChI is InChI=1S/C26H26N6.2ClH/c1-27(2)25-29-17-7-5-13-21(29)23-24-22-14-6-8-18-30(22)26(28-15-9-10-16-28)32(24)20-12-4-3-11-19(20)31(23)25;;/h3-8,11-14,17-18H,9-10,15-16H2,1-2H3;2*1H/q+2;;/p-2. The summed E-state index contributed by atoms with van der Waals surface area (Å²) in [7, 11) is 4.25. The number of imidazole rings is 2. The smallest absolute Gasteiger partial charge is 0.370 e. The molecular weight excluding hydrogens is 467 g/mol. The lowest BCUT2D eigenvalue weighted by molar-refractivity contribution is -0.497. The van der Waals surface area contributed by atoms with Crippen molar-refractivity contribution >= 4 is 45.0 Å². The lowest BCUT2D eigenvalue weighted by Crippen LogP contribution is -3.00. The van der Waals surface area contributed by atoms with E-state index in [1.807, 2.05) is 0 Å². The molecule has 0 N–H and O–H groups in total. The monoisotopic (exact) mass is 492 g/mol. The Balaban J connectivity index is 0.00000120. The van der Waals surface area contributed by atoms with Gasteiger partial charge >= 0.3 is 11.9 Å². The zero-order chi connectivity index (χ0) is 21.4. The molecule has 1 saturated heterocycles. The highest BCUT2D eigenvalue weighted by Gasteiger charge is 2.35. The van der Waals surface area contributed by atoms with Crippen molar-refractivity contribution in [3.8, 4) is 0 Å². The number of fused-ring (bicyclic) bond motifs is 10. The van der Waals surface area contributed by atoms with Crippen molar-refractivity contribution < 1.29 is 33.6 Å². The Labute approximate surface area is 210 Å². The molecule has 8 heteroatoms. The van der Waals surface area contributed by atoms with E-state index in [2.05, 4.69) is 115 Å². The number of hydrogen-bond donors (Lipinski definition) is 0. The topological polar surface area (TPSA) is 23.5 Å². The average molecular weight is 493 g/mol. The molecule has 0 unspecified atom stereocenters. The van der Waals surface area contributed by atoms with E-state index in [1.54, 1.807) is 0 Å². The van der Waals surface area contributed by atoms with Crippen LogP contribution in [-0.4, -0.2) is 36.0 Å². The molecule has 0 radical (unpaired) electrons. The molecule has 0 bridgehead atoms. The number of hydrogen-bond acceptors (Lipinski definition) is 2. The number of halogens is 2. The summed E-state index contributed by atoms with van der Waals surface area (Å²) in [6, 6.07) is 21.8. The van der Waals surface area contributed by atoms with E-state index in [-0.39, 0.29) is 24.8 Å². The highest BCUT2D eigenvalue weighted by Crippen LogP contribution is 2.34. The predicted octanol–water partition coefficient (Wildman–Crippen LogP) is -2.50. The van der Waals surface area contributed by atoms with Crippen molar-refractivity contribution in [2.75, 3.05) is 37.0 Å². The van der Waals surface area contributed by atoms with Gasteiger partial charge in [-0.1, -0.05) is 24.3 Å². The first-order valence-corrected chi connectivity index (χ1v) is 11.4. The van der Waals surface area contributed by atoms with E-state index in [4.69, 9.17) is 0 Å². The van der Waals surface area contributed by atoms with Gasteiger partial charge < -0.3 is 24.8 Å². The summed E-state index contributed by atoms with van der Waals surface area (Å²) in [4.78, 5) is 4.76. The lowest BCUT2D eigenvalue weighted by Gasteiger charge is -2.11. The summed E-state index contributed by atoms with van der Waals surface area (Å²) in [5.41, 5.74) is 7.38. The van der Waals surface area contributed by atoms with Crippen molar-refractivity contribution in [3.63, 3.8) is 0 Å². The van der Waals surface area contributed by atoms with Gasteiger partial charge in [-0.2, -0.15) is 8.80 Å². The SMILES string of the molecule is CN(C)c1n2c3ccccc3n3c(N4CCCC4)[n+]4ccccc4c3c2c2cccc[n+]12.[Cl-].[Cl-]. The van der Waals surface area contributed by atoms with E-state index >= 15 is 0 Å². The van der Waals surface area contributed by atoms with Crippen LogP contribution in [0.4, 0.5) is 11.9 Å². The van der Waals surface area contributed by atoms with E-state index in [0.717, 1.165) is 19.0 Å². The number of aromatic nitrogens is 4. The number of nitrogens with zero attached hydrogens (tertiary/aromatic N) is 6. The van der Waals surface area contributed by atoms with Crippen LogP contribution in [0.2, 0.25) is 0 Å². The van der Waals surface area contributed by atoms with E-state index in [1.165, 1.54) is 51.9 Å². The Hall–Kier alpha value is -3.22. The fourth-order valence-corrected chi connectivity index (χ4v) is 5.65. The van der Waals surface area contributed by atoms with Crippen LogP contribution in [0.3, 0.4) is 0 Å². The second kappa shape index (κ2) is 8.22. The summed E-state index contributed by atoms with van der Waals surface area (Å²) in [5.74, 6) is 2.40. The average Bonchev–Trinajstić information content (AvgIpc) is 3.53. The van der Waals surface area contributed by atoms with Crippen LogP contribution < -0.4 is 43.4 Å². The molecule has 34 heavy (non-hydrogen) atoms. The minimum Gasteiger partial charge on any atom is -1.00 e. The third kappa shape index (κ3) is 2.82. The van der Waals surface area contributed by atoms with Gasteiger partial charge in [-0.05, 0) is 49.2 Å². The minimum atomic E-state index is 0. The van der Waals surface area contributed by atoms with Crippen molar-refractivity contribution in [3.05, 3.63) is 73.1 Å². The van der Waals surface area contributed by atoms with Gasteiger partial charge in [0.1, 0.15) is 11.0 Å². The van der Waals surface area contributed by atoms with Crippen LogP contribution in [0.25, 0.3) is 33.1 Å². The summed E-state index contributed by atoms with van der Waals surface area (Å²) in [5, 5.41) is 0. The predicted molar refractivity (Wildman–Crippen MR) is 128 cm³/mol. The van der Waals surface area contributed by atoms with E-state index in [9.17, 15) is 0 Å². The van der Waals surface area contributed by atoms with Crippen molar-refractivity contribution in [1.29, 1.82) is 0 Å². The van der Waals surface area contributed by atoms with Crippen LogP contribution >= 0.6 is 0 Å². The maximum absolute atomic E-state index is 2.55. The van der Waals surface area contributed by atoms with Gasteiger partial charge in [0, 0.05) is 0 Å². The molecule has 0 aliphatic carbocycles. The van der Waals surface area contributed by atoms with Crippen LogP contribution in [0, 0.1) is 0 Å². The molecule has 6 nitrogen and oxygen atoms in total. The van der Waals surface area contributed by atoms with Crippen molar-refractivity contribution in [2.24, 2.45) is 0 Å². The summed E-state index contributed by atoms with van der Waals surface area (Å²) >= 11 is 0. The molecule has 1 fully saturated rings. The molecule has 1 aromatic carbocycles. The molecule has 174 valence electrons. The molecule has 5 aromatic heterocycles. The Morgan fingerprint density at radius 2 is 1.21 bits per heavy atom. The van der Waals surface area contributed by atoms with Gasteiger partial charge in [0.2, 0.25) is 0 Å². The highest BCUT2D eigenvalue weighted by atomic mass is 35.5. The Morgan fingerprint density at radius 1 is 0.676 bits per heavy atom. The fraction of sp³-hybridized carbons (Fsp3) is 0.231. The fourth-order valence-electron chi connectivity index (χ4n) is 5.65. The Bertz CT molecular complexity index is 1680. The number of rotatable bonds is 2. The second-order valence-corrected chi connectivity index (χ2v) is 8.96. The second-order valence-electron chi connectivity index (χ2n) is 8.96. The molecule has 0 saturated carbocycles. The summed E-state index contributed by atoms with van der Waals surface area (Å²) in [6.45, 7) is 2.20. The molecule has 6 aromatic rings. The number of benzene rings is 1. The molecule has 0 amide bonds. The number of pyridine rings is 2. The van der Waals surface area contributed by atoms with Crippen molar-refractivity contribution in [1.82, 2.24) is 8.80 Å². The zero-order valence-corrected chi connectivity index (χ0v) is 20.7. The first-order chi connectivity index (χ1) is 15.8. The van der Waals surface area contributed by atoms with E-state index in [0.29, 0.717) is 0 Å². The van der Waals surface area contributed by atoms with Crippen LogP contribution in [0.5, 0.6) is 0 Å². The largest absolute Gasteiger partial charge is 1.00 e. The quantitative estimate of drug-likeness (QED) is 0.249. The molecule has 6 heterocycles. The molecule has 1 aliphatic rings. The van der Waals surface area contributed by atoms with Gasteiger partial charge in [-0.25, -0.2) is 8.80 Å². The third-order valence-corrected chi connectivity index (χ3v) is 6.86. The summed E-state index contributed by atoms with van der Waals surface area (Å²) < 4.78 is 9.62. The van der Waals surface area contributed by atoms with Crippen molar-refractivity contribution in [2.45, 2.75) is 12.8 Å². The van der Waals surface area contributed by atoms with Gasteiger partial charge in [-0.15, -0.1) is 0 Å². The maximum atomic E-state index is 2.55. The zero-order valence-electron chi connectivity index (χ0n) is 19.2. The van der Waals surface area contributed by atoms with E-state index < -0.39 is 0 Å². The molecule has 7 rings (SSSR count).